The largest absolute Gasteiger partial charge is 0.469 e. The van der Waals surface area contributed by atoms with Crippen molar-refractivity contribution < 1.29 is 19.1 Å². The monoisotopic (exact) mass is 436 g/mol. The highest BCUT2D eigenvalue weighted by molar-refractivity contribution is 6.31. The van der Waals surface area contributed by atoms with E-state index in [1.54, 1.807) is 48.5 Å². The van der Waals surface area contributed by atoms with Gasteiger partial charge in [0.25, 0.3) is 0 Å². The van der Waals surface area contributed by atoms with Crippen molar-refractivity contribution in [3.63, 3.8) is 0 Å². The van der Waals surface area contributed by atoms with Gasteiger partial charge in [0.15, 0.2) is 0 Å². The van der Waals surface area contributed by atoms with Gasteiger partial charge in [0.2, 0.25) is 11.8 Å². The van der Waals surface area contributed by atoms with E-state index in [-0.39, 0.29) is 24.7 Å². The third-order valence-electron chi connectivity index (χ3n) is 4.25. The molecule has 0 aromatic heterocycles. The molecule has 0 radical (unpaired) electrons. The molecule has 2 rings (SSSR count). The Morgan fingerprint density at radius 3 is 2.17 bits per heavy atom. The van der Waals surface area contributed by atoms with Gasteiger partial charge >= 0.3 is 5.97 Å². The fourth-order valence-corrected chi connectivity index (χ4v) is 3.27. The molecule has 154 valence electrons. The first-order valence-electron chi connectivity index (χ1n) is 8.93. The third kappa shape index (κ3) is 7.07. The van der Waals surface area contributed by atoms with Gasteiger partial charge in [0.1, 0.15) is 0 Å². The minimum absolute atomic E-state index is 0.0245. The average Bonchev–Trinajstić information content (AvgIpc) is 2.67. The number of benzene rings is 2. The summed E-state index contributed by atoms with van der Waals surface area (Å²) in [5.74, 6) is -1.10. The summed E-state index contributed by atoms with van der Waals surface area (Å²) < 4.78 is 4.74. The summed E-state index contributed by atoms with van der Waals surface area (Å²) in [4.78, 5) is 36.2. The van der Waals surface area contributed by atoms with Crippen molar-refractivity contribution in [3.8, 4) is 0 Å². The van der Waals surface area contributed by atoms with Crippen LogP contribution in [-0.4, -0.2) is 24.9 Å². The molecule has 6 nitrogen and oxygen atoms in total. The number of halogens is 2. The Hall–Kier alpha value is -2.57. The second-order valence-electron chi connectivity index (χ2n) is 6.43. The van der Waals surface area contributed by atoms with Crippen molar-refractivity contribution in [1.82, 2.24) is 10.6 Å². The van der Waals surface area contributed by atoms with E-state index in [1.807, 2.05) is 0 Å². The number of nitrogens with one attached hydrogen (secondary N) is 2. The zero-order chi connectivity index (χ0) is 21.4. The Morgan fingerprint density at radius 1 is 0.931 bits per heavy atom. The van der Waals surface area contributed by atoms with Crippen molar-refractivity contribution in [2.24, 2.45) is 0 Å². The highest BCUT2D eigenvalue weighted by atomic mass is 35.5. The summed E-state index contributed by atoms with van der Waals surface area (Å²) in [7, 11) is 1.28. The minimum Gasteiger partial charge on any atom is -0.469 e. The Balaban J connectivity index is 2.19. The molecular formula is C21H22Cl2N2O4. The Labute approximate surface area is 179 Å². The summed E-state index contributed by atoms with van der Waals surface area (Å²) in [6, 6.07) is 12.6. The van der Waals surface area contributed by atoms with Crippen molar-refractivity contribution in [2.45, 2.75) is 31.8 Å². The number of carbonyl (C=O) groups is 3. The number of methoxy groups -OCH3 is 1. The van der Waals surface area contributed by atoms with Gasteiger partial charge in [-0.15, -0.1) is 0 Å². The molecule has 29 heavy (non-hydrogen) atoms. The lowest BCUT2D eigenvalue weighted by Crippen LogP contribution is -2.35. The minimum atomic E-state index is -0.660. The fourth-order valence-electron chi connectivity index (χ4n) is 2.88. The number of amides is 2. The van der Waals surface area contributed by atoms with Crippen molar-refractivity contribution in [3.05, 3.63) is 69.7 Å². The smallest absolute Gasteiger partial charge is 0.307 e. The molecule has 0 spiro atoms. The van der Waals surface area contributed by atoms with Crippen molar-refractivity contribution in [1.29, 1.82) is 0 Å². The van der Waals surface area contributed by atoms with E-state index in [1.165, 1.54) is 14.0 Å². The van der Waals surface area contributed by atoms with Crippen molar-refractivity contribution >= 4 is 41.0 Å². The van der Waals surface area contributed by atoms with Gasteiger partial charge in [-0.2, -0.15) is 0 Å². The van der Waals surface area contributed by atoms with Crippen LogP contribution in [0, 0.1) is 0 Å². The second kappa shape index (κ2) is 10.8. The van der Waals surface area contributed by atoms with Crippen LogP contribution in [0.15, 0.2) is 48.5 Å². The predicted molar refractivity (Wildman–Crippen MR) is 112 cm³/mol. The van der Waals surface area contributed by atoms with Crippen LogP contribution in [0.4, 0.5) is 0 Å². The Bertz CT molecular complexity index is 871. The van der Waals surface area contributed by atoms with Crippen LogP contribution in [-0.2, 0) is 19.1 Å². The number of rotatable bonds is 8. The van der Waals surface area contributed by atoms with Gasteiger partial charge < -0.3 is 15.4 Å². The normalized spacial score (nSPS) is 12.6. The maximum atomic E-state index is 12.8. The topological polar surface area (TPSA) is 84.5 Å². The van der Waals surface area contributed by atoms with Gasteiger partial charge in [-0.1, -0.05) is 53.5 Å². The van der Waals surface area contributed by atoms with Crippen LogP contribution in [0.25, 0.3) is 0 Å². The van der Waals surface area contributed by atoms with Crippen LogP contribution in [0.3, 0.4) is 0 Å². The number of hydrogen-bond donors (Lipinski definition) is 2. The van der Waals surface area contributed by atoms with Crippen LogP contribution < -0.4 is 10.6 Å². The molecule has 0 heterocycles. The maximum absolute atomic E-state index is 12.8. The molecule has 0 saturated carbocycles. The zero-order valence-electron chi connectivity index (χ0n) is 16.1. The molecule has 2 atom stereocenters. The molecule has 2 N–H and O–H groups in total. The lowest BCUT2D eigenvalue weighted by molar-refractivity contribution is -0.141. The first-order chi connectivity index (χ1) is 13.8. The predicted octanol–water partition coefficient (Wildman–Crippen LogP) is 3.98. The van der Waals surface area contributed by atoms with Gasteiger partial charge in [0, 0.05) is 17.0 Å². The highest BCUT2D eigenvalue weighted by Crippen LogP contribution is 2.26. The standard InChI is InChI=1S/C21H22Cl2N2O4/c1-13(26)24-18(14-7-9-15(22)10-8-14)11-20(27)25-19(12-21(28)29-2)16-5-3-4-6-17(16)23/h3-10,18-19H,11-12H2,1-2H3,(H,24,26)(H,25,27). The molecule has 0 fully saturated rings. The third-order valence-corrected chi connectivity index (χ3v) is 4.85. The molecule has 2 aromatic carbocycles. The molecular weight excluding hydrogens is 415 g/mol. The Kier molecular flexibility index (Phi) is 8.49. The first-order valence-corrected chi connectivity index (χ1v) is 9.69. The van der Waals surface area contributed by atoms with E-state index in [4.69, 9.17) is 27.9 Å². The van der Waals surface area contributed by atoms with Crippen LogP contribution in [0.5, 0.6) is 0 Å². The van der Waals surface area contributed by atoms with Gasteiger partial charge in [0.05, 0.1) is 32.0 Å². The molecule has 2 unspecified atom stereocenters. The molecule has 0 aliphatic carbocycles. The first kappa shape index (κ1) is 22.7. The van der Waals surface area contributed by atoms with E-state index in [0.29, 0.717) is 15.6 Å². The lowest BCUT2D eigenvalue weighted by atomic mass is 10.0. The molecule has 2 aromatic rings. The molecule has 0 bridgehead atoms. The maximum Gasteiger partial charge on any atom is 0.307 e. The summed E-state index contributed by atoms with van der Waals surface area (Å²) in [6.07, 6.45) is -0.0962. The summed E-state index contributed by atoms with van der Waals surface area (Å²) in [6.45, 7) is 1.38. The number of hydrogen-bond acceptors (Lipinski definition) is 4. The zero-order valence-corrected chi connectivity index (χ0v) is 17.6. The van der Waals surface area contributed by atoms with E-state index >= 15 is 0 Å². The average molecular weight is 437 g/mol. The number of carbonyl (C=O) groups excluding carboxylic acids is 3. The summed E-state index contributed by atoms with van der Waals surface area (Å²) >= 11 is 12.2. The lowest BCUT2D eigenvalue weighted by Gasteiger charge is -2.22. The van der Waals surface area contributed by atoms with Gasteiger partial charge in [-0.05, 0) is 29.3 Å². The quantitative estimate of drug-likeness (QED) is 0.612. The second-order valence-corrected chi connectivity index (χ2v) is 7.27. The van der Waals surface area contributed by atoms with Crippen LogP contribution >= 0.6 is 23.2 Å². The molecule has 0 saturated heterocycles. The van der Waals surface area contributed by atoms with E-state index in [0.717, 1.165) is 5.56 Å². The summed E-state index contributed by atoms with van der Waals surface area (Å²) in [5.41, 5.74) is 1.34. The molecule has 0 aliphatic rings. The van der Waals surface area contributed by atoms with Gasteiger partial charge in [-0.25, -0.2) is 0 Å². The van der Waals surface area contributed by atoms with E-state index < -0.39 is 18.1 Å². The van der Waals surface area contributed by atoms with Gasteiger partial charge in [-0.3, -0.25) is 14.4 Å². The van der Waals surface area contributed by atoms with Crippen molar-refractivity contribution in [2.75, 3.05) is 7.11 Å². The number of esters is 1. The Morgan fingerprint density at radius 2 is 1.59 bits per heavy atom. The number of ether oxygens (including phenoxy) is 1. The van der Waals surface area contributed by atoms with Crippen LogP contribution in [0.1, 0.15) is 43.0 Å². The molecule has 0 aliphatic heterocycles. The fraction of sp³-hybridized carbons (Fsp3) is 0.286. The molecule has 8 heteroatoms. The molecule has 2 amide bonds. The highest BCUT2D eigenvalue weighted by Gasteiger charge is 2.23. The van der Waals surface area contributed by atoms with Crippen LogP contribution in [0.2, 0.25) is 10.0 Å². The van der Waals surface area contributed by atoms with E-state index in [2.05, 4.69) is 10.6 Å². The summed E-state index contributed by atoms with van der Waals surface area (Å²) in [5, 5.41) is 6.57. The SMILES string of the molecule is COC(=O)CC(NC(=O)CC(NC(C)=O)c1ccc(Cl)cc1)c1ccccc1Cl. The van der Waals surface area contributed by atoms with E-state index in [9.17, 15) is 14.4 Å².